The number of amides is 1. The summed E-state index contributed by atoms with van der Waals surface area (Å²) < 4.78 is 51.4. The van der Waals surface area contributed by atoms with Gasteiger partial charge in [-0.3, -0.25) is 4.79 Å². The average Bonchev–Trinajstić information content (AvgIpc) is 2.58. The van der Waals surface area contributed by atoms with E-state index in [4.69, 9.17) is 9.47 Å². The lowest BCUT2D eigenvalue weighted by molar-refractivity contribution is -0.274. The van der Waals surface area contributed by atoms with E-state index in [1.807, 2.05) is 0 Å². The molecule has 0 aliphatic carbocycles. The van der Waals surface area contributed by atoms with Gasteiger partial charge in [0.25, 0.3) is 5.91 Å². The van der Waals surface area contributed by atoms with Gasteiger partial charge in [0.15, 0.2) is 0 Å². The van der Waals surface area contributed by atoms with E-state index in [0.717, 1.165) is 0 Å². The van der Waals surface area contributed by atoms with Crippen molar-refractivity contribution in [2.24, 2.45) is 0 Å². The fraction of sp³-hybridized carbons (Fsp3) is 0.235. The Kier molecular flexibility index (Phi) is 5.74. The van der Waals surface area contributed by atoms with E-state index in [0.29, 0.717) is 5.75 Å². The number of methoxy groups -OCH3 is 2. The Labute approximate surface area is 142 Å². The highest BCUT2D eigenvalue weighted by Gasteiger charge is 2.32. The predicted octanol–water partition coefficient (Wildman–Crippen LogP) is 3.53. The Balaban J connectivity index is 2.13. The molecular formula is C17H16F3NO4. The van der Waals surface area contributed by atoms with E-state index < -0.39 is 12.3 Å². The van der Waals surface area contributed by atoms with E-state index in [-0.39, 0.29) is 29.2 Å². The molecule has 8 heteroatoms. The quantitative estimate of drug-likeness (QED) is 0.861. The minimum absolute atomic E-state index is 0.139. The first-order valence-electron chi connectivity index (χ1n) is 7.18. The molecule has 0 aromatic heterocycles. The third-order valence-corrected chi connectivity index (χ3v) is 3.29. The number of benzene rings is 2. The van der Waals surface area contributed by atoms with Gasteiger partial charge >= 0.3 is 6.36 Å². The molecule has 5 nitrogen and oxygen atoms in total. The lowest BCUT2D eigenvalue weighted by Crippen LogP contribution is -2.24. The summed E-state index contributed by atoms with van der Waals surface area (Å²) in [4.78, 5) is 12.3. The van der Waals surface area contributed by atoms with Gasteiger partial charge in [-0.15, -0.1) is 13.2 Å². The van der Waals surface area contributed by atoms with Gasteiger partial charge in [0.05, 0.1) is 19.8 Å². The van der Waals surface area contributed by atoms with E-state index in [1.54, 1.807) is 12.1 Å². The molecule has 0 aliphatic rings. The number of hydrogen-bond acceptors (Lipinski definition) is 4. The molecule has 0 spiro atoms. The standard InChI is InChI=1S/C17H16F3NO4/c1-23-12-7-8-13(15(9-12)24-2)16(22)21-10-11-5-3-4-6-14(11)25-17(18,19)20/h3-9H,10H2,1-2H3,(H,21,22). The second-order valence-corrected chi connectivity index (χ2v) is 4.90. The Morgan fingerprint density at radius 3 is 2.40 bits per heavy atom. The molecule has 134 valence electrons. The topological polar surface area (TPSA) is 56.8 Å². The highest BCUT2D eigenvalue weighted by Crippen LogP contribution is 2.27. The van der Waals surface area contributed by atoms with Crippen LogP contribution < -0.4 is 19.5 Å². The first-order chi connectivity index (χ1) is 11.8. The summed E-state index contributed by atoms with van der Waals surface area (Å²) in [6.07, 6.45) is -4.81. The molecule has 1 N–H and O–H groups in total. The summed E-state index contributed by atoms with van der Waals surface area (Å²) in [5, 5.41) is 2.55. The molecule has 0 heterocycles. The number of nitrogens with one attached hydrogen (secondary N) is 1. The second kappa shape index (κ2) is 7.78. The zero-order valence-corrected chi connectivity index (χ0v) is 13.5. The van der Waals surface area contributed by atoms with Gasteiger partial charge < -0.3 is 19.5 Å². The normalized spacial score (nSPS) is 10.9. The number of ether oxygens (including phenoxy) is 3. The Bertz CT molecular complexity index is 747. The fourth-order valence-corrected chi connectivity index (χ4v) is 2.13. The predicted molar refractivity (Wildman–Crippen MR) is 83.8 cm³/mol. The van der Waals surface area contributed by atoms with Crippen molar-refractivity contribution >= 4 is 5.91 Å². The molecule has 0 saturated carbocycles. The van der Waals surface area contributed by atoms with Crippen LogP contribution in [0.4, 0.5) is 13.2 Å². The highest BCUT2D eigenvalue weighted by molar-refractivity contribution is 5.97. The van der Waals surface area contributed by atoms with E-state index >= 15 is 0 Å². The maximum Gasteiger partial charge on any atom is 0.573 e. The summed E-state index contributed by atoms with van der Waals surface area (Å²) in [5.41, 5.74) is 0.429. The molecule has 0 radical (unpaired) electrons. The van der Waals surface area contributed by atoms with E-state index in [1.165, 1.54) is 44.6 Å². The molecular weight excluding hydrogens is 339 g/mol. The molecule has 0 atom stereocenters. The highest BCUT2D eigenvalue weighted by atomic mass is 19.4. The summed E-state index contributed by atoms with van der Waals surface area (Å²) in [5.74, 6) is -0.0627. The minimum atomic E-state index is -4.81. The van der Waals surface area contributed by atoms with Gasteiger partial charge in [0, 0.05) is 18.2 Å². The lowest BCUT2D eigenvalue weighted by Gasteiger charge is -2.14. The number of para-hydroxylation sites is 1. The van der Waals surface area contributed by atoms with Crippen LogP contribution in [-0.4, -0.2) is 26.5 Å². The van der Waals surface area contributed by atoms with Crippen molar-refractivity contribution in [3.05, 3.63) is 53.6 Å². The van der Waals surface area contributed by atoms with Gasteiger partial charge in [-0.25, -0.2) is 0 Å². The van der Waals surface area contributed by atoms with Crippen molar-refractivity contribution < 1.29 is 32.2 Å². The van der Waals surface area contributed by atoms with Crippen LogP contribution in [-0.2, 0) is 6.54 Å². The maximum absolute atomic E-state index is 12.4. The minimum Gasteiger partial charge on any atom is -0.497 e. The molecule has 0 aliphatic heterocycles. The molecule has 2 aromatic rings. The molecule has 2 aromatic carbocycles. The molecule has 0 saturated heterocycles. The number of carbonyl (C=O) groups excluding carboxylic acids is 1. The summed E-state index contributed by atoms with van der Waals surface area (Å²) >= 11 is 0. The number of rotatable bonds is 6. The van der Waals surface area contributed by atoms with Gasteiger partial charge in [-0.1, -0.05) is 18.2 Å². The SMILES string of the molecule is COc1ccc(C(=O)NCc2ccccc2OC(F)(F)F)c(OC)c1. The molecule has 0 unspecified atom stereocenters. The molecule has 2 rings (SSSR count). The van der Waals surface area contributed by atoms with Crippen LogP contribution in [0.25, 0.3) is 0 Å². The van der Waals surface area contributed by atoms with Crippen LogP contribution in [0.15, 0.2) is 42.5 Å². The summed E-state index contributed by atoms with van der Waals surface area (Å²) in [6.45, 7) is -0.139. The van der Waals surface area contributed by atoms with Crippen LogP contribution in [0.3, 0.4) is 0 Å². The third-order valence-electron chi connectivity index (χ3n) is 3.29. The Hall–Kier alpha value is -2.90. The van der Waals surface area contributed by atoms with Crippen LogP contribution in [0.2, 0.25) is 0 Å². The van der Waals surface area contributed by atoms with Crippen molar-refractivity contribution in [1.29, 1.82) is 0 Å². The van der Waals surface area contributed by atoms with E-state index in [2.05, 4.69) is 10.1 Å². The molecule has 0 bridgehead atoms. The second-order valence-electron chi connectivity index (χ2n) is 4.90. The fourth-order valence-electron chi connectivity index (χ4n) is 2.13. The first-order valence-corrected chi connectivity index (χ1v) is 7.18. The number of hydrogen-bond donors (Lipinski definition) is 1. The average molecular weight is 355 g/mol. The summed E-state index contributed by atoms with van der Waals surface area (Å²) in [6, 6.07) is 10.2. The lowest BCUT2D eigenvalue weighted by atomic mass is 10.1. The maximum atomic E-state index is 12.4. The molecule has 0 fully saturated rings. The van der Waals surface area contributed by atoms with Crippen molar-refractivity contribution in [2.75, 3.05) is 14.2 Å². The zero-order chi connectivity index (χ0) is 18.4. The van der Waals surface area contributed by atoms with Crippen molar-refractivity contribution in [2.45, 2.75) is 12.9 Å². The van der Waals surface area contributed by atoms with E-state index in [9.17, 15) is 18.0 Å². The van der Waals surface area contributed by atoms with Gasteiger partial charge in [-0.05, 0) is 18.2 Å². The Morgan fingerprint density at radius 2 is 1.76 bits per heavy atom. The van der Waals surface area contributed by atoms with Crippen LogP contribution in [0, 0.1) is 0 Å². The monoisotopic (exact) mass is 355 g/mol. The van der Waals surface area contributed by atoms with Crippen molar-refractivity contribution in [1.82, 2.24) is 5.32 Å². The van der Waals surface area contributed by atoms with Crippen LogP contribution in [0.1, 0.15) is 15.9 Å². The van der Waals surface area contributed by atoms with Crippen LogP contribution >= 0.6 is 0 Å². The largest absolute Gasteiger partial charge is 0.573 e. The van der Waals surface area contributed by atoms with Gasteiger partial charge in [-0.2, -0.15) is 0 Å². The zero-order valence-electron chi connectivity index (χ0n) is 13.5. The van der Waals surface area contributed by atoms with Crippen molar-refractivity contribution in [3.63, 3.8) is 0 Å². The smallest absolute Gasteiger partial charge is 0.497 e. The van der Waals surface area contributed by atoms with Crippen molar-refractivity contribution in [3.8, 4) is 17.2 Å². The molecule has 25 heavy (non-hydrogen) atoms. The number of carbonyl (C=O) groups is 1. The molecule has 1 amide bonds. The number of halogens is 3. The Morgan fingerprint density at radius 1 is 1.04 bits per heavy atom. The number of alkyl halides is 3. The van der Waals surface area contributed by atoms with Crippen LogP contribution in [0.5, 0.6) is 17.2 Å². The van der Waals surface area contributed by atoms with Gasteiger partial charge in [0.1, 0.15) is 17.2 Å². The first kappa shape index (κ1) is 18.4. The summed E-state index contributed by atoms with van der Waals surface area (Å²) in [7, 11) is 2.88. The van der Waals surface area contributed by atoms with Gasteiger partial charge in [0.2, 0.25) is 0 Å². The third kappa shape index (κ3) is 5.03.